The molecule has 14 heavy (non-hydrogen) atoms. The van der Waals surface area contributed by atoms with Crippen LogP contribution in [0.4, 0.5) is 0 Å². The van der Waals surface area contributed by atoms with Gasteiger partial charge in [0.15, 0.2) is 0 Å². The highest BCUT2D eigenvalue weighted by Crippen LogP contribution is 2.18. The lowest BCUT2D eigenvalue weighted by Crippen LogP contribution is -2.02. The topological polar surface area (TPSA) is 55.1 Å². The maximum atomic E-state index is 4.36. The van der Waals surface area contributed by atoms with Crippen molar-refractivity contribution in [2.75, 3.05) is 0 Å². The Bertz CT molecular complexity index is 478. The maximum Gasteiger partial charge on any atom is 0.255 e. The number of nitrogens with zero attached hydrogens (tertiary/aromatic N) is 4. The van der Waals surface area contributed by atoms with Gasteiger partial charge in [-0.15, -0.1) is 22.6 Å². The molecule has 1 N–H and O–H groups in total. The van der Waals surface area contributed by atoms with Gasteiger partial charge in [0.1, 0.15) is 6.33 Å². The van der Waals surface area contributed by atoms with Gasteiger partial charge < -0.3 is 5.32 Å². The van der Waals surface area contributed by atoms with Crippen LogP contribution in [0, 0.1) is 6.92 Å². The standard InChI is InChI=1S/C8H9N5.ClH/c1-5-6-2-9-3-7(6)13-4-10-12-8(13)11-5;/h4,9H,2-3H2,1H3;1H. The molecule has 0 aromatic carbocycles. The average Bonchev–Trinajstić information content (AvgIpc) is 2.66. The molecule has 0 aliphatic carbocycles. The van der Waals surface area contributed by atoms with E-state index < -0.39 is 0 Å². The van der Waals surface area contributed by atoms with E-state index in [4.69, 9.17) is 0 Å². The van der Waals surface area contributed by atoms with Crippen LogP contribution in [0.1, 0.15) is 17.0 Å². The van der Waals surface area contributed by atoms with E-state index in [1.165, 1.54) is 11.3 Å². The van der Waals surface area contributed by atoms with Gasteiger partial charge in [-0.3, -0.25) is 4.40 Å². The van der Waals surface area contributed by atoms with E-state index >= 15 is 0 Å². The highest BCUT2D eigenvalue weighted by molar-refractivity contribution is 5.85. The summed E-state index contributed by atoms with van der Waals surface area (Å²) in [5, 5.41) is 11.1. The molecule has 0 atom stereocenters. The van der Waals surface area contributed by atoms with Gasteiger partial charge >= 0.3 is 0 Å². The Morgan fingerprint density at radius 3 is 3.14 bits per heavy atom. The van der Waals surface area contributed by atoms with Crippen molar-refractivity contribution in [2.45, 2.75) is 20.0 Å². The largest absolute Gasteiger partial charge is 0.307 e. The second-order valence-electron chi connectivity index (χ2n) is 3.23. The number of halogens is 1. The van der Waals surface area contributed by atoms with E-state index in [2.05, 4.69) is 20.5 Å². The van der Waals surface area contributed by atoms with Crippen LogP contribution in [0.5, 0.6) is 0 Å². The summed E-state index contributed by atoms with van der Waals surface area (Å²) < 4.78 is 1.95. The van der Waals surface area contributed by atoms with Crippen molar-refractivity contribution in [3.8, 4) is 0 Å². The Morgan fingerprint density at radius 1 is 1.43 bits per heavy atom. The zero-order valence-corrected chi connectivity index (χ0v) is 8.51. The van der Waals surface area contributed by atoms with Crippen LogP contribution in [0.3, 0.4) is 0 Å². The fraction of sp³-hybridized carbons (Fsp3) is 0.375. The van der Waals surface area contributed by atoms with E-state index in [1.807, 2.05) is 11.3 Å². The molecule has 74 valence electrons. The second-order valence-corrected chi connectivity index (χ2v) is 3.23. The van der Waals surface area contributed by atoms with Gasteiger partial charge in [0.25, 0.3) is 5.78 Å². The van der Waals surface area contributed by atoms with Crippen molar-refractivity contribution in [2.24, 2.45) is 0 Å². The zero-order chi connectivity index (χ0) is 8.84. The fourth-order valence-corrected chi connectivity index (χ4v) is 1.79. The average molecular weight is 212 g/mol. The van der Waals surface area contributed by atoms with Gasteiger partial charge in [-0.05, 0) is 6.92 Å². The minimum atomic E-state index is 0. The summed E-state index contributed by atoms with van der Waals surface area (Å²) in [5.74, 6) is 0.694. The van der Waals surface area contributed by atoms with E-state index in [-0.39, 0.29) is 12.4 Å². The smallest absolute Gasteiger partial charge is 0.255 e. The maximum absolute atomic E-state index is 4.36. The summed E-state index contributed by atoms with van der Waals surface area (Å²) in [4.78, 5) is 4.36. The summed E-state index contributed by atoms with van der Waals surface area (Å²) in [7, 11) is 0. The van der Waals surface area contributed by atoms with Gasteiger partial charge in [0, 0.05) is 30.0 Å². The van der Waals surface area contributed by atoms with Crippen LogP contribution in [0.2, 0.25) is 0 Å². The van der Waals surface area contributed by atoms with Crippen molar-refractivity contribution < 1.29 is 0 Å². The number of aromatic nitrogens is 4. The summed E-state index contributed by atoms with van der Waals surface area (Å²) >= 11 is 0. The Balaban J connectivity index is 0.000000750. The van der Waals surface area contributed by atoms with Crippen LogP contribution >= 0.6 is 12.4 Å². The molecule has 3 heterocycles. The first-order chi connectivity index (χ1) is 6.36. The van der Waals surface area contributed by atoms with Crippen molar-refractivity contribution in [1.29, 1.82) is 0 Å². The van der Waals surface area contributed by atoms with Crippen molar-refractivity contribution >= 4 is 18.2 Å². The molecule has 0 amide bonds. The molecule has 0 saturated heterocycles. The predicted octanol–water partition coefficient (Wildman–Crippen LogP) is 0.458. The normalized spacial score (nSPS) is 14.1. The molecule has 0 bridgehead atoms. The number of nitrogens with one attached hydrogen (secondary N) is 1. The summed E-state index contributed by atoms with van der Waals surface area (Å²) in [6.45, 7) is 3.80. The van der Waals surface area contributed by atoms with Crippen LogP contribution in [-0.2, 0) is 13.1 Å². The Hall–Kier alpha value is -1.20. The minimum Gasteiger partial charge on any atom is -0.307 e. The monoisotopic (exact) mass is 211 g/mol. The lowest BCUT2D eigenvalue weighted by Gasteiger charge is -2.03. The van der Waals surface area contributed by atoms with Gasteiger partial charge in [0.2, 0.25) is 0 Å². The van der Waals surface area contributed by atoms with Crippen LogP contribution < -0.4 is 5.32 Å². The molecule has 6 heteroatoms. The molecular weight excluding hydrogens is 202 g/mol. The quantitative estimate of drug-likeness (QED) is 0.688. The van der Waals surface area contributed by atoms with E-state index in [0.717, 1.165) is 18.8 Å². The number of aryl methyl sites for hydroxylation is 1. The SMILES string of the molecule is Cc1nc2nncn2c2c1CNC2.Cl. The number of hydrogen-bond donors (Lipinski definition) is 1. The predicted molar refractivity (Wildman–Crippen MR) is 53.3 cm³/mol. The molecule has 3 rings (SSSR count). The highest BCUT2D eigenvalue weighted by Gasteiger charge is 2.17. The van der Waals surface area contributed by atoms with Gasteiger partial charge in [-0.1, -0.05) is 0 Å². The third-order valence-electron chi connectivity index (χ3n) is 2.47. The Morgan fingerprint density at radius 2 is 2.29 bits per heavy atom. The van der Waals surface area contributed by atoms with E-state index in [1.54, 1.807) is 6.33 Å². The fourth-order valence-electron chi connectivity index (χ4n) is 1.79. The lowest BCUT2D eigenvalue weighted by molar-refractivity contribution is 0.752. The molecule has 0 fully saturated rings. The van der Waals surface area contributed by atoms with Crippen molar-refractivity contribution in [1.82, 2.24) is 24.9 Å². The zero-order valence-electron chi connectivity index (χ0n) is 7.69. The highest BCUT2D eigenvalue weighted by atomic mass is 35.5. The third kappa shape index (κ3) is 1.09. The summed E-state index contributed by atoms with van der Waals surface area (Å²) in [5.41, 5.74) is 3.58. The molecular formula is C8H10ClN5. The molecule has 0 saturated carbocycles. The molecule has 0 unspecified atom stereocenters. The Labute approximate surface area is 87.0 Å². The summed E-state index contributed by atoms with van der Waals surface area (Å²) in [6.07, 6.45) is 1.72. The molecule has 5 nitrogen and oxygen atoms in total. The Kier molecular flexibility index (Phi) is 2.13. The number of rotatable bonds is 0. The second kappa shape index (κ2) is 3.18. The van der Waals surface area contributed by atoms with Gasteiger partial charge in [0.05, 0.1) is 0 Å². The molecule has 2 aromatic heterocycles. The third-order valence-corrected chi connectivity index (χ3v) is 2.47. The first kappa shape index (κ1) is 9.36. The van der Waals surface area contributed by atoms with Crippen molar-refractivity contribution in [3.63, 3.8) is 0 Å². The molecule has 0 spiro atoms. The molecule has 2 aromatic rings. The van der Waals surface area contributed by atoms with Crippen LogP contribution in [0.15, 0.2) is 6.33 Å². The summed E-state index contributed by atoms with van der Waals surface area (Å²) in [6, 6.07) is 0. The van der Waals surface area contributed by atoms with E-state index in [0.29, 0.717) is 5.78 Å². The first-order valence-electron chi connectivity index (χ1n) is 4.25. The molecule has 1 aliphatic heterocycles. The van der Waals surface area contributed by atoms with Gasteiger partial charge in [-0.25, -0.2) is 4.98 Å². The lowest BCUT2D eigenvalue weighted by atomic mass is 10.2. The number of fused-ring (bicyclic) bond motifs is 3. The van der Waals surface area contributed by atoms with Crippen LogP contribution in [0.25, 0.3) is 5.78 Å². The first-order valence-corrected chi connectivity index (χ1v) is 4.25. The molecule has 0 radical (unpaired) electrons. The molecule has 1 aliphatic rings. The number of hydrogen-bond acceptors (Lipinski definition) is 4. The van der Waals surface area contributed by atoms with Crippen LogP contribution in [-0.4, -0.2) is 19.6 Å². The van der Waals surface area contributed by atoms with Gasteiger partial charge in [-0.2, -0.15) is 0 Å². The van der Waals surface area contributed by atoms with Crippen molar-refractivity contribution in [3.05, 3.63) is 23.3 Å². The van der Waals surface area contributed by atoms with E-state index in [9.17, 15) is 0 Å². The minimum absolute atomic E-state index is 0.